The Balaban J connectivity index is 1.39. The third-order valence-corrected chi connectivity index (χ3v) is 6.51. The molecule has 1 amide bonds. The smallest absolute Gasteiger partial charge is 0.236 e. The fraction of sp³-hybridized carbons (Fsp3) is 0.857. The van der Waals surface area contributed by atoms with E-state index in [0.29, 0.717) is 45.4 Å². The lowest BCUT2D eigenvalue weighted by molar-refractivity contribution is -0.133. The molecular weight excluding hydrogens is 400 g/mol. The number of hydrogen-bond acceptors (Lipinski definition) is 8. The van der Waals surface area contributed by atoms with Gasteiger partial charge in [0.15, 0.2) is 5.82 Å². The zero-order valence-corrected chi connectivity index (χ0v) is 18.9. The van der Waals surface area contributed by atoms with Crippen LogP contribution >= 0.6 is 0 Å². The molecule has 0 saturated carbocycles. The van der Waals surface area contributed by atoms with Crippen LogP contribution in [0.5, 0.6) is 0 Å². The highest BCUT2D eigenvalue weighted by Gasteiger charge is 2.33. The summed E-state index contributed by atoms with van der Waals surface area (Å²) in [5.41, 5.74) is 0. The van der Waals surface area contributed by atoms with Crippen LogP contribution in [0.2, 0.25) is 0 Å². The Kier molecular flexibility index (Phi) is 7.76. The maximum Gasteiger partial charge on any atom is 0.236 e. The van der Waals surface area contributed by atoms with Crippen LogP contribution in [0.3, 0.4) is 0 Å². The summed E-state index contributed by atoms with van der Waals surface area (Å²) in [5, 5.41) is 9.09. The molecular formula is C21H36N6O4. The van der Waals surface area contributed by atoms with E-state index < -0.39 is 0 Å². The van der Waals surface area contributed by atoms with Gasteiger partial charge in [-0.15, -0.1) is 10.2 Å². The van der Waals surface area contributed by atoms with Crippen molar-refractivity contribution in [2.45, 2.75) is 32.4 Å². The second-order valence-corrected chi connectivity index (χ2v) is 8.67. The molecule has 0 radical (unpaired) electrons. The lowest BCUT2D eigenvalue weighted by Crippen LogP contribution is -2.52. The molecule has 4 rings (SSSR count). The Bertz CT molecular complexity index is 715. The molecule has 174 valence electrons. The fourth-order valence-corrected chi connectivity index (χ4v) is 4.56. The predicted octanol–water partition coefficient (Wildman–Crippen LogP) is 0.393. The zero-order valence-electron chi connectivity index (χ0n) is 18.9. The largest absolute Gasteiger partial charge is 0.385 e. The Morgan fingerprint density at radius 1 is 1.10 bits per heavy atom. The van der Waals surface area contributed by atoms with E-state index in [1.807, 2.05) is 4.90 Å². The van der Waals surface area contributed by atoms with Gasteiger partial charge in [-0.3, -0.25) is 14.3 Å². The van der Waals surface area contributed by atoms with Crippen LogP contribution in [-0.4, -0.2) is 110 Å². The van der Waals surface area contributed by atoms with Gasteiger partial charge in [0.1, 0.15) is 6.10 Å². The van der Waals surface area contributed by atoms with Gasteiger partial charge >= 0.3 is 0 Å². The zero-order chi connectivity index (χ0) is 21.6. The molecule has 0 unspecified atom stereocenters. The third kappa shape index (κ3) is 5.36. The predicted molar refractivity (Wildman–Crippen MR) is 115 cm³/mol. The molecule has 0 aromatic carbocycles. The van der Waals surface area contributed by atoms with Crippen molar-refractivity contribution in [1.29, 1.82) is 0 Å². The van der Waals surface area contributed by atoms with Gasteiger partial charge in [-0.1, -0.05) is 6.92 Å². The van der Waals surface area contributed by atoms with Gasteiger partial charge in [0, 0.05) is 66.1 Å². The van der Waals surface area contributed by atoms with Crippen molar-refractivity contribution in [3.05, 3.63) is 5.82 Å². The summed E-state index contributed by atoms with van der Waals surface area (Å²) in [7, 11) is 1.73. The van der Waals surface area contributed by atoms with Crippen LogP contribution in [0.1, 0.15) is 31.7 Å². The summed E-state index contributed by atoms with van der Waals surface area (Å²) >= 11 is 0. The number of hydrogen-bond donors (Lipinski definition) is 0. The highest BCUT2D eigenvalue weighted by Crippen LogP contribution is 2.34. The van der Waals surface area contributed by atoms with Crippen molar-refractivity contribution in [2.75, 3.05) is 84.3 Å². The molecule has 3 aliphatic heterocycles. The normalized spacial score (nSPS) is 25.4. The lowest BCUT2D eigenvalue weighted by atomic mass is 10.0. The number of carbonyl (C=O) groups excluding carboxylic acids is 1. The van der Waals surface area contributed by atoms with Crippen molar-refractivity contribution in [3.8, 4) is 0 Å². The summed E-state index contributed by atoms with van der Waals surface area (Å²) in [6.07, 6.45) is 1.95. The van der Waals surface area contributed by atoms with E-state index in [9.17, 15) is 4.79 Å². The number of anilines is 1. The molecule has 1 aromatic heterocycles. The monoisotopic (exact) mass is 436 g/mol. The number of aromatic nitrogens is 3. The second-order valence-electron chi connectivity index (χ2n) is 8.67. The van der Waals surface area contributed by atoms with Crippen LogP contribution < -0.4 is 4.90 Å². The highest BCUT2D eigenvalue weighted by molar-refractivity contribution is 5.78. The van der Waals surface area contributed by atoms with Crippen LogP contribution in [0, 0.1) is 5.92 Å². The molecule has 3 aliphatic rings. The third-order valence-electron chi connectivity index (χ3n) is 6.51. The summed E-state index contributed by atoms with van der Waals surface area (Å²) in [6.45, 7) is 11.0. The molecule has 3 fully saturated rings. The number of ether oxygens (including phenoxy) is 3. The van der Waals surface area contributed by atoms with Crippen LogP contribution in [0.15, 0.2) is 0 Å². The molecule has 0 aliphatic carbocycles. The summed E-state index contributed by atoms with van der Waals surface area (Å²) < 4.78 is 18.8. The van der Waals surface area contributed by atoms with Crippen molar-refractivity contribution < 1.29 is 19.0 Å². The summed E-state index contributed by atoms with van der Waals surface area (Å²) in [4.78, 5) is 19.1. The molecule has 0 bridgehead atoms. The molecule has 4 heterocycles. The van der Waals surface area contributed by atoms with Crippen LogP contribution in [0.25, 0.3) is 0 Å². The number of nitrogens with zero attached hydrogens (tertiary/aromatic N) is 6. The van der Waals surface area contributed by atoms with E-state index in [-0.39, 0.29) is 12.0 Å². The first-order valence-electron chi connectivity index (χ1n) is 11.5. The first-order valence-corrected chi connectivity index (χ1v) is 11.5. The minimum atomic E-state index is 0.000171. The maximum atomic E-state index is 12.7. The molecule has 31 heavy (non-hydrogen) atoms. The van der Waals surface area contributed by atoms with Crippen molar-refractivity contribution in [2.24, 2.45) is 5.92 Å². The summed E-state index contributed by atoms with van der Waals surface area (Å²) in [6, 6.07) is 0. The van der Waals surface area contributed by atoms with E-state index in [0.717, 1.165) is 63.9 Å². The lowest BCUT2D eigenvalue weighted by Gasteiger charge is -2.36. The molecule has 10 nitrogen and oxygen atoms in total. The minimum absolute atomic E-state index is 0.000171. The average Bonchev–Trinajstić information content (AvgIpc) is 3.40. The van der Waals surface area contributed by atoms with Gasteiger partial charge in [0.25, 0.3) is 0 Å². The molecule has 0 spiro atoms. The van der Waals surface area contributed by atoms with Gasteiger partial charge in [0.2, 0.25) is 11.9 Å². The molecule has 1 aromatic rings. The van der Waals surface area contributed by atoms with E-state index in [2.05, 4.69) is 31.5 Å². The van der Waals surface area contributed by atoms with Gasteiger partial charge in [-0.05, 0) is 18.8 Å². The molecule has 2 atom stereocenters. The molecule has 3 saturated heterocycles. The Morgan fingerprint density at radius 3 is 2.55 bits per heavy atom. The maximum absolute atomic E-state index is 12.7. The van der Waals surface area contributed by atoms with Crippen LogP contribution in [-0.2, 0) is 25.5 Å². The number of carbonyl (C=O) groups is 1. The number of morpholine rings is 1. The first-order chi connectivity index (χ1) is 15.2. The van der Waals surface area contributed by atoms with E-state index >= 15 is 0 Å². The first kappa shape index (κ1) is 22.4. The quantitative estimate of drug-likeness (QED) is 0.541. The van der Waals surface area contributed by atoms with Gasteiger partial charge in [-0.25, -0.2) is 0 Å². The van der Waals surface area contributed by atoms with Crippen LogP contribution in [0.4, 0.5) is 5.95 Å². The Labute approximate surface area is 184 Å². The van der Waals surface area contributed by atoms with E-state index in [1.165, 1.54) is 0 Å². The van der Waals surface area contributed by atoms with E-state index in [4.69, 9.17) is 14.2 Å². The number of rotatable bonds is 8. The Morgan fingerprint density at radius 2 is 1.87 bits per heavy atom. The average molecular weight is 437 g/mol. The summed E-state index contributed by atoms with van der Waals surface area (Å²) in [5.74, 6) is 2.45. The Hall–Kier alpha value is -1.75. The highest BCUT2D eigenvalue weighted by atomic mass is 16.5. The number of methoxy groups -OCH3 is 1. The minimum Gasteiger partial charge on any atom is -0.385 e. The SMILES string of the molecule is COCCCn1c([C@@H]2OCC[C@@H]2C)nnc1N1CCN(C(=O)CN2CCOCC2)CC1. The number of amides is 1. The van der Waals surface area contributed by atoms with Crippen molar-refractivity contribution in [1.82, 2.24) is 24.6 Å². The van der Waals surface area contributed by atoms with Gasteiger partial charge in [0.05, 0.1) is 19.8 Å². The molecule has 10 heteroatoms. The standard InChI is InChI=1S/C21H36N6O4/c1-17-4-13-31-19(17)20-22-23-21(27(20)5-3-12-29-2)26-8-6-25(7-9-26)18(28)16-24-10-14-30-15-11-24/h17,19H,3-16H2,1-2H3/t17-,19+/m0/s1. The van der Waals surface area contributed by atoms with E-state index in [1.54, 1.807) is 7.11 Å². The van der Waals surface area contributed by atoms with Gasteiger partial charge < -0.3 is 24.0 Å². The topological polar surface area (TPSA) is 85.2 Å². The van der Waals surface area contributed by atoms with Gasteiger partial charge in [-0.2, -0.15) is 0 Å². The number of piperazine rings is 1. The molecule has 0 N–H and O–H groups in total. The second kappa shape index (κ2) is 10.7. The van der Waals surface area contributed by atoms with Crippen molar-refractivity contribution >= 4 is 11.9 Å². The fourth-order valence-electron chi connectivity index (χ4n) is 4.56. The van der Waals surface area contributed by atoms with Crippen molar-refractivity contribution in [3.63, 3.8) is 0 Å².